The van der Waals surface area contributed by atoms with E-state index < -0.39 is 11.4 Å². The number of ether oxygens (including phenoxy) is 1. The number of nitrogens with one attached hydrogen (secondary N) is 1. The maximum Gasteiger partial charge on any atom is 0.251 e. The van der Waals surface area contributed by atoms with Crippen molar-refractivity contribution in [3.63, 3.8) is 0 Å². The first-order chi connectivity index (χ1) is 10.9. The predicted octanol–water partition coefficient (Wildman–Crippen LogP) is 0.621. The van der Waals surface area contributed by atoms with Crippen molar-refractivity contribution in [2.45, 2.75) is 25.8 Å². The number of hydrogen-bond acceptors (Lipinski definition) is 5. The molecule has 23 heavy (non-hydrogen) atoms. The molecule has 1 saturated heterocycles. The summed E-state index contributed by atoms with van der Waals surface area (Å²) in [6, 6.07) is 5.15. The van der Waals surface area contributed by atoms with E-state index in [1.807, 2.05) is 13.8 Å². The molecule has 3 N–H and O–H groups in total. The Hall–Kier alpha value is -2.54. The van der Waals surface area contributed by atoms with E-state index in [1.54, 1.807) is 18.2 Å². The molecule has 2 aromatic rings. The molecule has 1 aromatic heterocycles. The monoisotopic (exact) mass is 314 g/mol. The summed E-state index contributed by atoms with van der Waals surface area (Å²) in [6.45, 7) is 4.34. The zero-order valence-corrected chi connectivity index (χ0v) is 13.0. The zero-order chi connectivity index (χ0) is 16.6. The summed E-state index contributed by atoms with van der Waals surface area (Å²) >= 11 is 0. The molecule has 0 spiro atoms. The number of carbonyl (C=O) groups is 2. The molecule has 0 atom stereocenters. The normalized spacial score (nSPS) is 15.9. The van der Waals surface area contributed by atoms with E-state index in [9.17, 15) is 9.59 Å². The van der Waals surface area contributed by atoms with Crippen LogP contribution in [0.15, 0.2) is 18.2 Å². The van der Waals surface area contributed by atoms with Crippen molar-refractivity contribution in [1.82, 2.24) is 15.3 Å². The van der Waals surface area contributed by atoms with Gasteiger partial charge in [-0.1, -0.05) is 0 Å². The van der Waals surface area contributed by atoms with Crippen molar-refractivity contribution in [1.29, 1.82) is 0 Å². The number of nitrogens with zero attached hydrogens (tertiary/aromatic N) is 2. The zero-order valence-electron chi connectivity index (χ0n) is 13.0. The molecule has 7 nitrogen and oxygen atoms in total. The first-order valence-corrected chi connectivity index (χ1v) is 7.32. The number of fused-ring (bicyclic) bond motifs is 1. The van der Waals surface area contributed by atoms with Crippen molar-refractivity contribution >= 4 is 22.8 Å². The van der Waals surface area contributed by atoms with Crippen LogP contribution in [0, 0.1) is 13.8 Å². The Bertz CT molecular complexity index is 799. The molecular weight excluding hydrogens is 296 g/mol. The molecule has 0 radical (unpaired) electrons. The number of amides is 2. The quantitative estimate of drug-likeness (QED) is 0.860. The summed E-state index contributed by atoms with van der Waals surface area (Å²) in [6.07, 6.45) is 0.0600. The van der Waals surface area contributed by atoms with E-state index in [1.165, 1.54) is 0 Å². The summed E-state index contributed by atoms with van der Waals surface area (Å²) in [7, 11) is 0. The number of primary amides is 1. The lowest BCUT2D eigenvalue weighted by atomic mass is 9.92. The maximum atomic E-state index is 12.5. The fourth-order valence-corrected chi connectivity index (χ4v) is 2.59. The SMILES string of the molecule is Cc1nc2ccc(C(=O)NC3(CC(N)=O)COC3)cc2nc1C. The molecular formula is C16H18N4O3. The van der Waals surface area contributed by atoms with E-state index in [0.717, 1.165) is 16.9 Å². The van der Waals surface area contributed by atoms with Gasteiger partial charge in [-0.05, 0) is 32.0 Å². The first-order valence-electron chi connectivity index (χ1n) is 7.32. The molecule has 0 unspecified atom stereocenters. The molecule has 1 aliphatic heterocycles. The van der Waals surface area contributed by atoms with Gasteiger partial charge in [0.15, 0.2) is 0 Å². The Labute approximate surface area is 133 Å². The molecule has 3 rings (SSSR count). The number of aromatic nitrogens is 2. The van der Waals surface area contributed by atoms with Crippen molar-refractivity contribution in [3.05, 3.63) is 35.2 Å². The number of benzene rings is 1. The molecule has 1 aromatic carbocycles. The van der Waals surface area contributed by atoms with Gasteiger partial charge < -0.3 is 15.8 Å². The lowest BCUT2D eigenvalue weighted by molar-refractivity contribution is -0.127. The summed E-state index contributed by atoms with van der Waals surface area (Å²) < 4.78 is 5.13. The highest BCUT2D eigenvalue weighted by Crippen LogP contribution is 2.22. The standard InChI is InChI=1S/C16H18N4O3/c1-9-10(2)19-13-5-11(3-4-12(13)18-9)15(22)20-16(6-14(17)21)7-23-8-16/h3-5H,6-8H2,1-2H3,(H2,17,21)(H,20,22). The molecule has 0 saturated carbocycles. The van der Waals surface area contributed by atoms with Gasteiger partial charge in [0, 0.05) is 5.56 Å². The number of aryl methyl sites for hydroxylation is 2. The fraction of sp³-hybridized carbons (Fsp3) is 0.375. The van der Waals surface area contributed by atoms with E-state index in [-0.39, 0.29) is 25.5 Å². The first kappa shape index (κ1) is 15.4. The highest BCUT2D eigenvalue weighted by Gasteiger charge is 2.41. The Balaban J connectivity index is 1.86. The fourth-order valence-electron chi connectivity index (χ4n) is 2.59. The minimum atomic E-state index is -0.702. The van der Waals surface area contributed by atoms with Crippen LogP contribution in [0.1, 0.15) is 28.2 Å². The van der Waals surface area contributed by atoms with Gasteiger partial charge in [-0.3, -0.25) is 9.59 Å². The van der Waals surface area contributed by atoms with Gasteiger partial charge in [0.05, 0.1) is 47.6 Å². The number of nitrogens with two attached hydrogens (primary N) is 1. The highest BCUT2D eigenvalue weighted by atomic mass is 16.5. The van der Waals surface area contributed by atoms with Gasteiger partial charge >= 0.3 is 0 Å². The van der Waals surface area contributed by atoms with Crippen LogP contribution in [0.3, 0.4) is 0 Å². The third-order valence-electron chi connectivity index (χ3n) is 3.99. The summed E-state index contributed by atoms with van der Waals surface area (Å²) in [5.74, 6) is -0.749. The topological polar surface area (TPSA) is 107 Å². The molecule has 1 fully saturated rings. The van der Waals surface area contributed by atoms with Crippen molar-refractivity contribution in [2.24, 2.45) is 5.73 Å². The minimum Gasteiger partial charge on any atom is -0.376 e. The Morgan fingerprint density at radius 2 is 1.87 bits per heavy atom. The van der Waals surface area contributed by atoms with Crippen molar-refractivity contribution in [3.8, 4) is 0 Å². The van der Waals surface area contributed by atoms with E-state index in [0.29, 0.717) is 11.1 Å². The molecule has 7 heteroatoms. The summed E-state index contributed by atoms with van der Waals surface area (Å²) in [5.41, 5.74) is 8.10. The molecule has 0 bridgehead atoms. The average molecular weight is 314 g/mol. The van der Waals surface area contributed by atoms with Crippen LogP contribution in [0.5, 0.6) is 0 Å². The molecule has 2 heterocycles. The van der Waals surface area contributed by atoms with Crippen molar-refractivity contribution in [2.75, 3.05) is 13.2 Å². The lowest BCUT2D eigenvalue weighted by Crippen LogP contribution is -2.63. The summed E-state index contributed by atoms with van der Waals surface area (Å²) in [5, 5.41) is 2.86. The van der Waals surface area contributed by atoms with Crippen LogP contribution in [0.4, 0.5) is 0 Å². The predicted molar refractivity (Wildman–Crippen MR) is 83.8 cm³/mol. The molecule has 0 aliphatic carbocycles. The Morgan fingerprint density at radius 1 is 1.22 bits per heavy atom. The van der Waals surface area contributed by atoms with Crippen LogP contribution in [-0.4, -0.2) is 40.5 Å². The van der Waals surface area contributed by atoms with Gasteiger partial charge in [-0.15, -0.1) is 0 Å². The van der Waals surface area contributed by atoms with Gasteiger partial charge in [-0.2, -0.15) is 0 Å². The molecule has 1 aliphatic rings. The second-order valence-corrected chi connectivity index (χ2v) is 5.97. The third kappa shape index (κ3) is 3.00. The summed E-state index contributed by atoms with van der Waals surface area (Å²) in [4.78, 5) is 32.5. The van der Waals surface area contributed by atoms with Gasteiger partial charge in [0.2, 0.25) is 5.91 Å². The van der Waals surface area contributed by atoms with Crippen LogP contribution in [-0.2, 0) is 9.53 Å². The van der Waals surface area contributed by atoms with Crippen LogP contribution < -0.4 is 11.1 Å². The number of carbonyl (C=O) groups excluding carboxylic acids is 2. The number of hydrogen-bond donors (Lipinski definition) is 2. The van der Waals surface area contributed by atoms with E-state index in [2.05, 4.69) is 15.3 Å². The third-order valence-corrected chi connectivity index (χ3v) is 3.99. The Morgan fingerprint density at radius 3 is 2.43 bits per heavy atom. The van der Waals surface area contributed by atoms with E-state index >= 15 is 0 Å². The second-order valence-electron chi connectivity index (χ2n) is 5.97. The lowest BCUT2D eigenvalue weighted by Gasteiger charge is -2.41. The van der Waals surface area contributed by atoms with E-state index in [4.69, 9.17) is 10.5 Å². The largest absolute Gasteiger partial charge is 0.376 e. The second kappa shape index (κ2) is 5.58. The number of rotatable bonds is 4. The van der Waals surface area contributed by atoms with Crippen molar-refractivity contribution < 1.29 is 14.3 Å². The Kier molecular flexibility index (Phi) is 3.73. The van der Waals surface area contributed by atoms with Crippen LogP contribution in [0.25, 0.3) is 11.0 Å². The van der Waals surface area contributed by atoms with Crippen LogP contribution in [0.2, 0.25) is 0 Å². The minimum absolute atomic E-state index is 0.0600. The smallest absolute Gasteiger partial charge is 0.251 e. The molecule has 120 valence electrons. The van der Waals surface area contributed by atoms with Gasteiger partial charge in [-0.25, -0.2) is 9.97 Å². The highest BCUT2D eigenvalue weighted by molar-refractivity contribution is 5.98. The maximum absolute atomic E-state index is 12.5. The van der Waals surface area contributed by atoms with Crippen LogP contribution >= 0.6 is 0 Å². The average Bonchev–Trinajstić information content (AvgIpc) is 2.45. The van der Waals surface area contributed by atoms with Gasteiger partial charge in [0.25, 0.3) is 5.91 Å². The molecule has 2 amide bonds. The van der Waals surface area contributed by atoms with Gasteiger partial charge in [0.1, 0.15) is 0 Å².